The van der Waals surface area contributed by atoms with Gasteiger partial charge in [-0.15, -0.1) is 0 Å². The molecule has 2 heterocycles. The maximum Gasteiger partial charge on any atom is 0.270 e. The van der Waals surface area contributed by atoms with Crippen LogP contribution in [0.25, 0.3) is 10.9 Å². The van der Waals surface area contributed by atoms with E-state index in [9.17, 15) is 18.7 Å². The van der Waals surface area contributed by atoms with Gasteiger partial charge in [0, 0.05) is 24.0 Å². The van der Waals surface area contributed by atoms with Gasteiger partial charge in [-0.2, -0.15) is 5.10 Å². The molecule has 1 aliphatic heterocycles. The number of carbonyl (C=O) groups is 1. The van der Waals surface area contributed by atoms with Crippen molar-refractivity contribution >= 4 is 40.0 Å². The molecule has 1 amide bonds. The largest absolute Gasteiger partial charge is 0.379 e. The lowest BCUT2D eigenvalue weighted by molar-refractivity contribution is -0.133. The molecule has 5 nitrogen and oxygen atoms in total. The van der Waals surface area contributed by atoms with Crippen LogP contribution in [0.1, 0.15) is 42.1 Å². The second kappa shape index (κ2) is 8.28. The molecule has 4 rings (SSSR count). The van der Waals surface area contributed by atoms with Crippen molar-refractivity contribution in [2.75, 3.05) is 6.54 Å². The molecule has 3 aromatic rings. The normalized spacial score (nSPS) is 18.2. The third-order valence-electron chi connectivity index (χ3n) is 6.38. The third-order valence-corrected chi connectivity index (χ3v) is 7.00. The van der Waals surface area contributed by atoms with Gasteiger partial charge >= 0.3 is 0 Å². The summed E-state index contributed by atoms with van der Waals surface area (Å²) in [5.74, 6) is -0.150. The number of hydrogen-bond donors (Lipinski definition) is 1. The first-order valence-electron chi connectivity index (χ1n) is 10.3. The highest BCUT2D eigenvalue weighted by atomic mass is 35.5. The lowest BCUT2D eigenvalue weighted by Crippen LogP contribution is -2.41. The van der Waals surface area contributed by atoms with Crippen LogP contribution in [-0.4, -0.2) is 38.7 Å². The van der Waals surface area contributed by atoms with Crippen molar-refractivity contribution in [3.63, 3.8) is 0 Å². The van der Waals surface area contributed by atoms with Gasteiger partial charge in [0.05, 0.1) is 18.0 Å². The minimum absolute atomic E-state index is 0.0374. The predicted molar refractivity (Wildman–Crippen MR) is 120 cm³/mol. The van der Waals surface area contributed by atoms with E-state index in [1.165, 1.54) is 6.07 Å². The summed E-state index contributed by atoms with van der Waals surface area (Å²) in [6, 6.07) is 8.17. The van der Waals surface area contributed by atoms with Crippen molar-refractivity contribution < 1.29 is 18.7 Å². The molecule has 32 heavy (non-hydrogen) atoms. The van der Waals surface area contributed by atoms with Crippen molar-refractivity contribution in [2.24, 2.45) is 7.05 Å². The summed E-state index contributed by atoms with van der Waals surface area (Å²) in [5, 5.41) is 15.9. The molecule has 0 saturated heterocycles. The number of rotatable bonds is 4. The molecule has 0 aliphatic carbocycles. The zero-order valence-electron chi connectivity index (χ0n) is 17.9. The predicted octanol–water partition coefficient (Wildman–Crippen LogP) is 5.04. The van der Waals surface area contributed by atoms with Crippen LogP contribution >= 0.6 is 23.2 Å². The quantitative estimate of drug-likeness (QED) is 0.567. The molecule has 170 valence electrons. The third kappa shape index (κ3) is 3.66. The zero-order chi connectivity index (χ0) is 23.4. The van der Waals surface area contributed by atoms with E-state index >= 15 is 0 Å². The smallest absolute Gasteiger partial charge is 0.270 e. The van der Waals surface area contributed by atoms with E-state index in [1.807, 2.05) is 13.0 Å². The van der Waals surface area contributed by atoms with Crippen LogP contribution in [0.15, 0.2) is 30.3 Å². The van der Waals surface area contributed by atoms with E-state index in [2.05, 4.69) is 5.10 Å². The number of nitrogens with zero attached hydrogens (tertiary/aromatic N) is 3. The molecule has 9 heteroatoms. The zero-order valence-corrected chi connectivity index (χ0v) is 19.4. The highest BCUT2D eigenvalue weighted by Gasteiger charge is 2.39. The summed E-state index contributed by atoms with van der Waals surface area (Å²) in [5.41, 5.74) is 0.769. The Morgan fingerprint density at radius 1 is 1.31 bits per heavy atom. The van der Waals surface area contributed by atoms with Gasteiger partial charge in [-0.25, -0.2) is 8.78 Å². The molecule has 0 bridgehead atoms. The van der Waals surface area contributed by atoms with Gasteiger partial charge in [-0.05, 0) is 54.7 Å². The van der Waals surface area contributed by atoms with Gasteiger partial charge in [-0.1, -0.05) is 41.4 Å². The van der Waals surface area contributed by atoms with Gasteiger partial charge < -0.3 is 10.0 Å². The number of fused-ring (bicyclic) bond motifs is 2. The van der Waals surface area contributed by atoms with E-state index in [4.69, 9.17) is 23.2 Å². The van der Waals surface area contributed by atoms with Gasteiger partial charge in [-0.3, -0.25) is 9.48 Å². The summed E-state index contributed by atoms with van der Waals surface area (Å²) >= 11 is 12.7. The van der Waals surface area contributed by atoms with Crippen molar-refractivity contribution in [3.05, 3.63) is 62.8 Å². The highest BCUT2D eigenvalue weighted by Crippen LogP contribution is 2.39. The van der Waals surface area contributed by atoms with Crippen molar-refractivity contribution in [2.45, 2.75) is 44.8 Å². The maximum atomic E-state index is 13.5. The Kier molecular flexibility index (Phi) is 5.94. The number of carbonyl (C=O) groups excluding carboxylic acids is 1. The second-order valence-electron chi connectivity index (χ2n) is 8.35. The summed E-state index contributed by atoms with van der Waals surface area (Å²) in [6.07, 6.45) is -2.51. The molecule has 0 radical (unpaired) electrons. The molecule has 2 atom stereocenters. The van der Waals surface area contributed by atoms with Crippen molar-refractivity contribution in [1.82, 2.24) is 14.7 Å². The number of amides is 1. The minimum Gasteiger partial charge on any atom is -0.379 e. The van der Waals surface area contributed by atoms with Gasteiger partial charge in [0.25, 0.3) is 6.43 Å². The van der Waals surface area contributed by atoms with Crippen LogP contribution in [0.3, 0.4) is 0 Å². The number of halogens is 4. The first-order valence-corrected chi connectivity index (χ1v) is 11.0. The molecular weight excluding hydrogens is 459 g/mol. The number of benzene rings is 2. The summed E-state index contributed by atoms with van der Waals surface area (Å²) < 4.78 is 28.6. The van der Waals surface area contributed by atoms with Gasteiger partial charge in [0.15, 0.2) is 5.15 Å². The van der Waals surface area contributed by atoms with Crippen LogP contribution in [0.5, 0.6) is 0 Å². The molecule has 1 aliphatic rings. The Balaban J connectivity index is 1.67. The molecule has 0 fully saturated rings. The van der Waals surface area contributed by atoms with Crippen molar-refractivity contribution in [1.29, 1.82) is 0 Å². The van der Waals surface area contributed by atoms with Crippen LogP contribution < -0.4 is 0 Å². The van der Waals surface area contributed by atoms with Crippen LogP contribution in [-0.2, 0) is 30.3 Å². The Bertz CT molecular complexity index is 1210. The summed E-state index contributed by atoms with van der Waals surface area (Å²) in [7, 11) is 1.77. The number of hydrogen-bond acceptors (Lipinski definition) is 3. The fourth-order valence-electron chi connectivity index (χ4n) is 4.57. The van der Waals surface area contributed by atoms with E-state index < -0.39 is 12.0 Å². The Morgan fingerprint density at radius 2 is 2.03 bits per heavy atom. The number of aromatic nitrogens is 2. The number of alkyl halides is 2. The molecule has 2 aromatic carbocycles. The second-order valence-corrected chi connectivity index (χ2v) is 9.11. The fraction of sp³-hybridized carbons (Fsp3) is 0.391. The Morgan fingerprint density at radius 3 is 2.72 bits per heavy atom. The molecule has 0 spiro atoms. The van der Waals surface area contributed by atoms with Crippen molar-refractivity contribution in [3.8, 4) is 0 Å². The van der Waals surface area contributed by atoms with Gasteiger partial charge in [0.2, 0.25) is 5.91 Å². The minimum atomic E-state index is -2.92. The lowest BCUT2D eigenvalue weighted by Gasteiger charge is -2.38. The summed E-state index contributed by atoms with van der Waals surface area (Å²) in [6.45, 7) is 3.32. The molecule has 1 aromatic heterocycles. The summed E-state index contributed by atoms with van der Waals surface area (Å²) in [4.78, 5) is 15.0. The lowest BCUT2D eigenvalue weighted by atomic mass is 9.83. The first kappa shape index (κ1) is 23.0. The first-order chi connectivity index (χ1) is 15.0. The monoisotopic (exact) mass is 481 g/mol. The molecule has 1 N–H and O–H groups in total. The Hall–Kier alpha value is -2.22. The topological polar surface area (TPSA) is 58.4 Å². The van der Waals surface area contributed by atoms with Gasteiger partial charge in [0.1, 0.15) is 5.60 Å². The van der Waals surface area contributed by atoms with Crippen LogP contribution in [0.2, 0.25) is 10.2 Å². The highest BCUT2D eigenvalue weighted by molar-refractivity contribution is 6.37. The average Bonchev–Trinajstić information content (AvgIpc) is 3.03. The maximum absolute atomic E-state index is 13.5. The fourth-order valence-corrected chi connectivity index (χ4v) is 5.12. The van der Waals surface area contributed by atoms with E-state index in [-0.39, 0.29) is 29.1 Å². The Labute approximate surface area is 194 Å². The van der Waals surface area contributed by atoms with E-state index in [1.54, 1.807) is 34.8 Å². The standard InChI is InChI=1S/C23H23Cl2F2N3O2/c1-12-13-5-4-6-16(23(2,32)22(26)27)14(13)9-10-30(12)19(31)11-15-17(24)7-8-18-20(15)21(25)28-29(18)3/h4-8,12,22,32H,9-11H2,1-3H3/t12-,23?/m0/s1. The van der Waals surface area contributed by atoms with Crippen LogP contribution in [0.4, 0.5) is 8.78 Å². The SMILES string of the molecule is C[C@H]1c2cccc(C(C)(O)C(F)F)c2CCN1C(=O)Cc1c(Cl)ccc2c1c(Cl)nn2C. The molecule has 0 saturated carbocycles. The van der Waals surface area contributed by atoms with Crippen LogP contribution in [0, 0.1) is 0 Å². The average molecular weight is 482 g/mol. The van der Waals surface area contributed by atoms with E-state index in [0.717, 1.165) is 18.0 Å². The van der Waals surface area contributed by atoms with E-state index in [0.29, 0.717) is 34.5 Å². The number of aliphatic hydroxyl groups is 1. The molecular formula is C23H23Cl2F2N3O2. The number of aryl methyl sites for hydroxylation is 1. The molecule has 1 unspecified atom stereocenters.